The molecule has 0 saturated carbocycles. The van der Waals surface area contributed by atoms with Crippen molar-refractivity contribution < 1.29 is 8.42 Å². The molecule has 0 amide bonds. The number of hydrogen-bond acceptors (Lipinski definition) is 4. The van der Waals surface area contributed by atoms with Crippen molar-refractivity contribution in [1.29, 1.82) is 0 Å². The predicted octanol–water partition coefficient (Wildman–Crippen LogP) is 0.851. The van der Waals surface area contributed by atoms with E-state index in [1.54, 1.807) is 20.2 Å². The summed E-state index contributed by atoms with van der Waals surface area (Å²) < 4.78 is 24.7. The van der Waals surface area contributed by atoms with Crippen LogP contribution in [0, 0.1) is 0 Å². The zero-order chi connectivity index (χ0) is 17.8. The Morgan fingerprint density at radius 2 is 2.08 bits per heavy atom. The van der Waals surface area contributed by atoms with Gasteiger partial charge in [0.2, 0.25) is 10.0 Å². The number of guanidine groups is 1. The van der Waals surface area contributed by atoms with Crippen LogP contribution in [0.1, 0.15) is 26.0 Å². The quantitative estimate of drug-likeness (QED) is 0.369. The molecule has 1 heterocycles. The third-order valence-corrected chi connectivity index (χ3v) is 5.35. The third-order valence-electron chi connectivity index (χ3n) is 3.48. The van der Waals surface area contributed by atoms with Gasteiger partial charge in [0, 0.05) is 51.5 Å². The Bertz CT molecular complexity index is 590. The molecule has 0 saturated heterocycles. The van der Waals surface area contributed by atoms with Crippen LogP contribution in [0.5, 0.6) is 0 Å². The summed E-state index contributed by atoms with van der Waals surface area (Å²) in [6.45, 7) is 6.23. The van der Waals surface area contributed by atoms with Crippen molar-refractivity contribution in [3.05, 3.63) is 30.1 Å². The second-order valence-corrected chi connectivity index (χ2v) is 7.70. The van der Waals surface area contributed by atoms with E-state index in [9.17, 15) is 8.42 Å². The first-order chi connectivity index (χ1) is 11.5. The minimum Gasteiger partial charge on any atom is -0.357 e. The van der Waals surface area contributed by atoms with Gasteiger partial charge in [-0.15, -0.1) is 0 Å². The number of nitrogens with one attached hydrogen (secondary N) is 2. The lowest BCUT2D eigenvalue weighted by molar-refractivity contribution is 0.465. The maximum absolute atomic E-state index is 11.7. The fourth-order valence-electron chi connectivity index (χ4n) is 2.04. The normalized spacial score (nSPS) is 12.4. The van der Waals surface area contributed by atoms with Crippen molar-refractivity contribution in [2.75, 3.05) is 39.0 Å². The molecule has 0 unspecified atom stereocenters. The second-order valence-electron chi connectivity index (χ2n) is 5.33. The van der Waals surface area contributed by atoms with E-state index in [0.29, 0.717) is 19.5 Å². The molecule has 0 aliphatic heterocycles. The average molecular weight is 356 g/mol. The Hall–Kier alpha value is -1.67. The van der Waals surface area contributed by atoms with E-state index < -0.39 is 10.0 Å². The summed E-state index contributed by atoms with van der Waals surface area (Å²) in [6.07, 6.45) is 3.30. The Kier molecular flexibility index (Phi) is 9.33. The second kappa shape index (κ2) is 11.0. The highest BCUT2D eigenvalue weighted by Gasteiger charge is 2.13. The fourth-order valence-corrected chi connectivity index (χ4v) is 2.89. The standard InChI is InChI=1S/C16H29N5O2S/c1-4-17-16(20-13-10-15-9-6-7-11-18-15)19-12-8-14-21(3)24(22,23)5-2/h6-7,9,11H,4-5,8,10,12-14H2,1-3H3,(H2,17,19,20). The summed E-state index contributed by atoms with van der Waals surface area (Å²) in [5, 5.41) is 6.45. The molecule has 1 aromatic rings. The lowest BCUT2D eigenvalue weighted by Gasteiger charge is -2.15. The van der Waals surface area contributed by atoms with Crippen LogP contribution < -0.4 is 10.6 Å². The molecule has 0 atom stereocenters. The van der Waals surface area contributed by atoms with E-state index in [0.717, 1.165) is 31.2 Å². The monoisotopic (exact) mass is 355 g/mol. The topological polar surface area (TPSA) is 86.7 Å². The largest absolute Gasteiger partial charge is 0.357 e. The Morgan fingerprint density at radius 1 is 1.29 bits per heavy atom. The van der Waals surface area contributed by atoms with Gasteiger partial charge in [0.05, 0.1) is 5.75 Å². The van der Waals surface area contributed by atoms with Crippen LogP contribution >= 0.6 is 0 Å². The van der Waals surface area contributed by atoms with Crippen molar-refractivity contribution >= 4 is 16.0 Å². The first-order valence-electron chi connectivity index (χ1n) is 8.35. The van der Waals surface area contributed by atoms with Crippen molar-refractivity contribution in [3.63, 3.8) is 0 Å². The zero-order valence-corrected chi connectivity index (χ0v) is 15.6. The maximum atomic E-state index is 11.7. The molecular formula is C16H29N5O2S. The van der Waals surface area contributed by atoms with Gasteiger partial charge in [0.1, 0.15) is 0 Å². The summed E-state index contributed by atoms with van der Waals surface area (Å²) in [7, 11) is -1.50. The van der Waals surface area contributed by atoms with Crippen molar-refractivity contribution in [3.8, 4) is 0 Å². The van der Waals surface area contributed by atoms with Crippen molar-refractivity contribution in [2.45, 2.75) is 26.7 Å². The summed E-state index contributed by atoms with van der Waals surface area (Å²) in [6, 6.07) is 5.87. The molecule has 0 spiro atoms. The summed E-state index contributed by atoms with van der Waals surface area (Å²) in [4.78, 5) is 8.76. The number of aliphatic imine (C=N–C) groups is 1. The molecule has 8 heteroatoms. The van der Waals surface area contributed by atoms with Crippen LogP contribution in [0.3, 0.4) is 0 Å². The molecule has 0 aliphatic rings. The first-order valence-corrected chi connectivity index (χ1v) is 9.96. The number of sulfonamides is 1. The molecule has 0 bridgehead atoms. The lowest BCUT2D eigenvalue weighted by atomic mass is 10.3. The van der Waals surface area contributed by atoms with Gasteiger partial charge in [0.15, 0.2) is 5.96 Å². The molecule has 0 aromatic carbocycles. The molecule has 136 valence electrons. The fraction of sp³-hybridized carbons (Fsp3) is 0.625. The van der Waals surface area contributed by atoms with Crippen molar-refractivity contribution in [1.82, 2.24) is 19.9 Å². The zero-order valence-electron chi connectivity index (χ0n) is 14.8. The van der Waals surface area contributed by atoms with Crippen LogP contribution in [0.15, 0.2) is 29.4 Å². The van der Waals surface area contributed by atoms with Crippen LogP contribution in [0.25, 0.3) is 0 Å². The molecular weight excluding hydrogens is 326 g/mol. The van der Waals surface area contributed by atoms with Gasteiger partial charge in [-0.1, -0.05) is 6.07 Å². The number of aromatic nitrogens is 1. The molecule has 7 nitrogen and oxygen atoms in total. The van der Waals surface area contributed by atoms with E-state index in [1.807, 2.05) is 25.1 Å². The SMILES string of the molecule is CCNC(=NCCCN(C)S(=O)(=O)CC)NCCc1ccccn1. The van der Waals surface area contributed by atoms with Gasteiger partial charge in [-0.2, -0.15) is 0 Å². The molecule has 2 N–H and O–H groups in total. The van der Waals surface area contributed by atoms with Crippen LogP contribution in [-0.2, 0) is 16.4 Å². The molecule has 1 rings (SSSR count). The summed E-state index contributed by atoms with van der Waals surface area (Å²) >= 11 is 0. The van der Waals surface area contributed by atoms with E-state index in [2.05, 4.69) is 20.6 Å². The predicted molar refractivity (Wildman–Crippen MR) is 98.6 cm³/mol. The summed E-state index contributed by atoms with van der Waals surface area (Å²) in [5.41, 5.74) is 1.03. The van der Waals surface area contributed by atoms with Crippen molar-refractivity contribution in [2.24, 2.45) is 4.99 Å². The molecule has 0 fully saturated rings. The smallest absolute Gasteiger partial charge is 0.213 e. The highest BCUT2D eigenvalue weighted by molar-refractivity contribution is 7.89. The van der Waals surface area contributed by atoms with Crippen LogP contribution in [0.4, 0.5) is 0 Å². The Morgan fingerprint density at radius 3 is 2.71 bits per heavy atom. The minimum atomic E-state index is -3.11. The number of nitrogens with zero attached hydrogens (tertiary/aromatic N) is 3. The first kappa shape index (κ1) is 20.4. The van der Waals surface area contributed by atoms with Gasteiger partial charge < -0.3 is 10.6 Å². The van der Waals surface area contributed by atoms with E-state index in [-0.39, 0.29) is 5.75 Å². The molecule has 0 radical (unpaired) electrons. The Labute approximate surface area is 145 Å². The van der Waals surface area contributed by atoms with Crippen LogP contribution in [-0.4, -0.2) is 62.6 Å². The Balaban J connectivity index is 2.36. The van der Waals surface area contributed by atoms with Gasteiger partial charge in [-0.3, -0.25) is 9.98 Å². The van der Waals surface area contributed by atoms with E-state index in [1.165, 1.54) is 4.31 Å². The van der Waals surface area contributed by atoms with Gasteiger partial charge in [-0.05, 0) is 32.4 Å². The van der Waals surface area contributed by atoms with Gasteiger partial charge in [-0.25, -0.2) is 12.7 Å². The van der Waals surface area contributed by atoms with Gasteiger partial charge in [0.25, 0.3) is 0 Å². The highest BCUT2D eigenvalue weighted by Crippen LogP contribution is 1.99. The number of hydrogen-bond donors (Lipinski definition) is 2. The number of pyridine rings is 1. The maximum Gasteiger partial charge on any atom is 0.213 e. The van der Waals surface area contributed by atoms with Gasteiger partial charge >= 0.3 is 0 Å². The molecule has 24 heavy (non-hydrogen) atoms. The van der Waals surface area contributed by atoms with E-state index >= 15 is 0 Å². The molecule has 1 aromatic heterocycles. The minimum absolute atomic E-state index is 0.129. The number of rotatable bonds is 10. The average Bonchev–Trinajstić information content (AvgIpc) is 2.59. The highest BCUT2D eigenvalue weighted by atomic mass is 32.2. The molecule has 0 aliphatic carbocycles. The third kappa shape index (κ3) is 7.74. The van der Waals surface area contributed by atoms with E-state index in [4.69, 9.17) is 0 Å². The summed E-state index contributed by atoms with van der Waals surface area (Å²) in [5.74, 6) is 0.874. The van der Waals surface area contributed by atoms with Crippen LogP contribution in [0.2, 0.25) is 0 Å². The lowest BCUT2D eigenvalue weighted by Crippen LogP contribution is -2.38.